The summed E-state index contributed by atoms with van der Waals surface area (Å²) in [6.07, 6.45) is 0.321. The topological polar surface area (TPSA) is 38.5 Å². The average Bonchev–Trinajstić information content (AvgIpc) is 2.41. The average molecular weight is 280 g/mol. The molecule has 0 saturated carbocycles. The molecule has 1 aliphatic heterocycles. The monoisotopic (exact) mass is 280 g/mol. The highest BCUT2D eigenvalue weighted by molar-refractivity contribution is 7.99. The smallest absolute Gasteiger partial charge is 0.0796 e. The van der Waals surface area contributed by atoms with E-state index in [1.165, 1.54) is 10.5 Å². The van der Waals surface area contributed by atoms with E-state index in [0.29, 0.717) is 12.1 Å². The van der Waals surface area contributed by atoms with Gasteiger partial charge in [-0.1, -0.05) is 6.07 Å². The maximum Gasteiger partial charge on any atom is 0.0796 e. The summed E-state index contributed by atoms with van der Waals surface area (Å²) in [4.78, 5) is 3.76. The summed E-state index contributed by atoms with van der Waals surface area (Å²) in [5, 5.41) is 0. The van der Waals surface area contributed by atoms with Gasteiger partial charge < -0.3 is 10.5 Å². The molecule has 0 amide bonds. The zero-order valence-corrected chi connectivity index (χ0v) is 12.9. The minimum atomic E-state index is 0.321. The first-order valence-electron chi connectivity index (χ1n) is 6.91. The largest absolute Gasteiger partial charge is 0.398 e. The van der Waals surface area contributed by atoms with E-state index in [2.05, 4.69) is 31.7 Å². The molecule has 0 spiro atoms. The van der Waals surface area contributed by atoms with E-state index in [1.807, 2.05) is 23.9 Å². The molecule has 1 aliphatic rings. The Morgan fingerprint density at radius 1 is 1.47 bits per heavy atom. The number of morpholine rings is 1. The van der Waals surface area contributed by atoms with E-state index in [0.717, 1.165) is 31.1 Å². The van der Waals surface area contributed by atoms with E-state index < -0.39 is 0 Å². The van der Waals surface area contributed by atoms with Crippen molar-refractivity contribution in [3.63, 3.8) is 0 Å². The number of nitrogens with two attached hydrogens (primary N) is 1. The molecule has 1 aromatic carbocycles. The molecule has 3 nitrogen and oxygen atoms in total. The number of thioether (sulfide) groups is 1. The van der Waals surface area contributed by atoms with Gasteiger partial charge in [-0.3, -0.25) is 4.90 Å². The predicted molar refractivity (Wildman–Crippen MR) is 82.8 cm³/mol. The van der Waals surface area contributed by atoms with Crippen molar-refractivity contribution in [3.8, 4) is 0 Å². The van der Waals surface area contributed by atoms with Crippen LogP contribution >= 0.6 is 11.8 Å². The van der Waals surface area contributed by atoms with Gasteiger partial charge in [-0.25, -0.2) is 0 Å². The van der Waals surface area contributed by atoms with Gasteiger partial charge >= 0.3 is 0 Å². The van der Waals surface area contributed by atoms with Gasteiger partial charge in [0.2, 0.25) is 0 Å². The normalized spacial score (nSPS) is 20.9. The molecule has 0 bridgehead atoms. The Morgan fingerprint density at radius 3 is 3.00 bits per heavy atom. The van der Waals surface area contributed by atoms with Crippen LogP contribution in [0.5, 0.6) is 0 Å². The molecule has 19 heavy (non-hydrogen) atoms. The summed E-state index contributed by atoms with van der Waals surface area (Å²) in [6.45, 7) is 9.51. The predicted octanol–water partition coefficient (Wildman–Crippen LogP) is 2.78. The molecule has 1 fully saturated rings. The zero-order valence-electron chi connectivity index (χ0n) is 12.1. The van der Waals surface area contributed by atoms with Crippen molar-refractivity contribution in [2.75, 3.05) is 31.2 Å². The maximum absolute atomic E-state index is 5.94. The van der Waals surface area contributed by atoms with E-state index in [4.69, 9.17) is 10.5 Å². The first kappa shape index (κ1) is 14.7. The third-order valence-corrected chi connectivity index (χ3v) is 4.94. The Balaban J connectivity index is 1.90. The van der Waals surface area contributed by atoms with E-state index >= 15 is 0 Å². The number of nitrogen functional groups attached to an aromatic ring is 1. The van der Waals surface area contributed by atoms with Crippen molar-refractivity contribution >= 4 is 17.4 Å². The minimum Gasteiger partial charge on any atom is -0.398 e. The Bertz CT molecular complexity index is 423. The molecular weight excluding hydrogens is 256 g/mol. The Labute approximate surface area is 120 Å². The minimum absolute atomic E-state index is 0.321. The summed E-state index contributed by atoms with van der Waals surface area (Å²) in [5.41, 5.74) is 8.00. The van der Waals surface area contributed by atoms with Crippen molar-refractivity contribution < 1.29 is 4.74 Å². The lowest BCUT2D eigenvalue weighted by molar-refractivity contribution is -0.0265. The van der Waals surface area contributed by atoms with Crippen LogP contribution < -0.4 is 5.73 Å². The summed E-state index contributed by atoms with van der Waals surface area (Å²) < 4.78 is 5.86. The molecule has 0 aliphatic carbocycles. The lowest BCUT2D eigenvalue weighted by atomic mass is 10.2. The SMILES string of the molecule is Cc1c(N)cccc1SCC1CN(C(C)C)CCO1. The highest BCUT2D eigenvalue weighted by Gasteiger charge is 2.22. The van der Waals surface area contributed by atoms with Gasteiger partial charge in [-0.15, -0.1) is 11.8 Å². The van der Waals surface area contributed by atoms with Gasteiger partial charge in [-0.05, 0) is 38.5 Å². The van der Waals surface area contributed by atoms with Crippen LogP contribution in [0.2, 0.25) is 0 Å². The first-order valence-corrected chi connectivity index (χ1v) is 7.90. The fourth-order valence-electron chi connectivity index (χ4n) is 2.28. The first-order chi connectivity index (χ1) is 9.08. The van der Waals surface area contributed by atoms with E-state index in [-0.39, 0.29) is 0 Å². The number of anilines is 1. The molecule has 2 N–H and O–H groups in total. The van der Waals surface area contributed by atoms with Crippen molar-refractivity contribution in [3.05, 3.63) is 23.8 Å². The van der Waals surface area contributed by atoms with Crippen LogP contribution in [0.15, 0.2) is 23.1 Å². The molecule has 106 valence electrons. The number of hydrogen-bond donors (Lipinski definition) is 1. The van der Waals surface area contributed by atoms with Crippen LogP contribution in [0.4, 0.5) is 5.69 Å². The molecule has 4 heteroatoms. The van der Waals surface area contributed by atoms with Crippen molar-refractivity contribution in [1.82, 2.24) is 4.90 Å². The summed E-state index contributed by atoms with van der Waals surface area (Å²) in [7, 11) is 0. The van der Waals surface area contributed by atoms with Gasteiger partial charge in [0.1, 0.15) is 0 Å². The third-order valence-electron chi connectivity index (χ3n) is 3.65. The number of benzene rings is 1. The molecule has 1 atom stereocenters. The Kier molecular flexibility index (Phi) is 5.13. The van der Waals surface area contributed by atoms with Gasteiger partial charge in [0.25, 0.3) is 0 Å². The number of ether oxygens (including phenoxy) is 1. The second-order valence-corrected chi connectivity index (χ2v) is 6.42. The van der Waals surface area contributed by atoms with Crippen LogP contribution in [-0.2, 0) is 4.74 Å². The van der Waals surface area contributed by atoms with Gasteiger partial charge in [-0.2, -0.15) is 0 Å². The van der Waals surface area contributed by atoms with Crippen molar-refractivity contribution in [1.29, 1.82) is 0 Å². The van der Waals surface area contributed by atoms with E-state index in [9.17, 15) is 0 Å². The quantitative estimate of drug-likeness (QED) is 0.680. The van der Waals surface area contributed by atoms with Crippen molar-refractivity contribution in [2.45, 2.75) is 37.8 Å². The Morgan fingerprint density at radius 2 is 2.26 bits per heavy atom. The van der Waals surface area contributed by atoms with Gasteiger partial charge in [0.05, 0.1) is 12.7 Å². The fourth-order valence-corrected chi connectivity index (χ4v) is 3.36. The van der Waals surface area contributed by atoms with Crippen LogP contribution in [-0.4, -0.2) is 42.5 Å². The van der Waals surface area contributed by atoms with Gasteiger partial charge in [0.15, 0.2) is 0 Å². The lowest BCUT2D eigenvalue weighted by Crippen LogP contribution is -2.46. The molecule has 1 heterocycles. The van der Waals surface area contributed by atoms with Crippen LogP contribution in [0, 0.1) is 6.92 Å². The van der Waals surface area contributed by atoms with Crippen molar-refractivity contribution in [2.24, 2.45) is 0 Å². The zero-order chi connectivity index (χ0) is 13.8. The number of rotatable bonds is 4. The van der Waals surface area contributed by atoms with Crippen LogP contribution in [0.3, 0.4) is 0 Å². The number of hydrogen-bond acceptors (Lipinski definition) is 4. The fraction of sp³-hybridized carbons (Fsp3) is 0.600. The highest BCUT2D eigenvalue weighted by atomic mass is 32.2. The highest BCUT2D eigenvalue weighted by Crippen LogP contribution is 2.27. The molecule has 0 radical (unpaired) electrons. The summed E-state index contributed by atoms with van der Waals surface area (Å²) in [6, 6.07) is 6.72. The number of nitrogens with zero attached hydrogens (tertiary/aromatic N) is 1. The second-order valence-electron chi connectivity index (χ2n) is 5.36. The molecular formula is C15H24N2OS. The standard InChI is InChI=1S/C15H24N2OS/c1-11(2)17-7-8-18-13(9-17)10-19-15-6-4-5-14(16)12(15)3/h4-6,11,13H,7-10,16H2,1-3H3. The molecule has 0 aromatic heterocycles. The van der Waals surface area contributed by atoms with Crippen LogP contribution in [0.25, 0.3) is 0 Å². The maximum atomic E-state index is 5.94. The molecule has 1 saturated heterocycles. The summed E-state index contributed by atoms with van der Waals surface area (Å²) >= 11 is 1.85. The Hall–Kier alpha value is -0.710. The third kappa shape index (κ3) is 3.88. The molecule has 2 rings (SSSR count). The summed E-state index contributed by atoms with van der Waals surface area (Å²) in [5.74, 6) is 0.994. The molecule has 1 unspecified atom stereocenters. The van der Waals surface area contributed by atoms with Crippen LogP contribution in [0.1, 0.15) is 19.4 Å². The van der Waals surface area contributed by atoms with Gasteiger partial charge in [0, 0.05) is 35.5 Å². The second kappa shape index (κ2) is 6.64. The van der Waals surface area contributed by atoms with E-state index in [1.54, 1.807) is 0 Å². The lowest BCUT2D eigenvalue weighted by Gasteiger charge is -2.35. The molecule has 1 aromatic rings.